The fraction of sp³-hybridized carbons (Fsp3) is 1.00. The van der Waals surface area contributed by atoms with Gasteiger partial charge in [0.05, 0.1) is 0 Å². The van der Waals surface area contributed by atoms with E-state index in [0.717, 1.165) is 12.6 Å². The molecular formula is C8H23NO2Si. The number of unbranched alkanes of at least 4 members (excludes halogenated alkanes) is 1. The smallest absolute Gasteiger partial charge is 0.320 e. The van der Waals surface area contributed by atoms with Gasteiger partial charge in [-0.25, -0.2) is 0 Å². The third-order valence-corrected chi connectivity index (χ3v) is 3.25. The third kappa shape index (κ3) is 12.7. The zero-order valence-corrected chi connectivity index (χ0v) is 9.95. The van der Waals surface area contributed by atoms with E-state index in [4.69, 9.17) is 14.6 Å². The summed E-state index contributed by atoms with van der Waals surface area (Å²) < 4.78 is 10.2. The van der Waals surface area contributed by atoms with E-state index in [1.165, 1.54) is 12.8 Å². The van der Waals surface area contributed by atoms with Crippen LogP contribution >= 0.6 is 0 Å². The average Bonchev–Trinajstić information content (AvgIpc) is 2.08. The van der Waals surface area contributed by atoms with E-state index < -0.39 is 9.28 Å². The standard InChI is InChI=1S/C6H16O2Si.C2H7N/c1-4-5-6-9(7-2)8-3;1-2-3/h9H,4-6H2,1-3H3;2-3H2,1H3. The highest BCUT2D eigenvalue weighted by atomic mass is 28.3. The highest BCUT2D eigenvalue weighted by Crippen LogP contribution is 2.01. The van der Waals surface area contributed by atoms with Crippen LogP contribution in [0, 0.1) is 0 Å². The Morgan fingerprint density at radius 1 is 1.17 bits per heavy atom. The molecule has 0 saturated carbocycles. The van der Waals surface area contributed by atoms with Gasteiger partial charge < -0.3 is 14.6 Å². The minimum atomic E-state index is -1.21. The molecule has 0 fully saturated rings. The largest absolute Gasteiger partial charge is 0.400 e. The first-order valence-corrected chi connectivity index (χ1v) is 6.28. The Bertz CT molecular complexity index is 70.1. The molecule has 76 valence electrons. The van der Waals surface area contributed by atoms with Crippen molar-refractivity contribution in [2.75, 3.05) is 20.8 Å². The van der Waals surface area contributed by atoms with E-state index in [1.807, 2.05) is 6.92 Å². The molecule has 12 heavy (non-hydrogen) atoms. The van der Waals surface area contributed by atoms with Crippen molar-refractivity contribution in [1.82, 2.24) is 0 Å². The van der Waals surface area contributed by atoms with Crippen molar-refractivity contribution in [3.8, 4) is 0 Å². The Balaban J connectivity index is 0. The molecule has 0 aromatic heterocycles. The lowest BCUT2D eigenvalue weighted by atomic mass is 10.4. The van der Waals surface area contributed by atoms with Gasteiger partial charge in [0.25, 0.3) is 0 Å². The van der Waals surface area contributed by atoms with Gasteiger partial charge >= 0.3 is 9.28 Å². The fourth-order valence-electron chi connectivity index (χ4n) is 0.703. The molecule has 4 heteroatoms. The van der Waals surface area contributed by atoms with Crippen molar-refractivity contribution < 1.29 is 8.85 Å². The molecule has 0 aliphatic rings. The number of hydrogen-bond donors (Lipinski definition) is 1. The van der Waals surface area contributed by atoms with Gasteiger partial charge in [-0.3, -0.25) is 0 Å². The van der Waals surface area contributed by atoms with Crippen LogP contribution in [0.25, 0.3) is 0 Å². The van der Waals surface area contributed by atoms with Gasteiger partial charge in [-0.05, 0) is 12.6 Å². The second-order valence-corrected chi connectivity index (χ2v) is 4.83. The highest BCUT2D eigenvalue weighted by Gasteiger charge is 2.06. The van der Waals surface area contributed by atoms with Crippen LogP contribution in [0.3, 0.4) is 0 Å². The third-order valence-electron chi connectivity index (χ3n) is 1.32. The Morgan fingerprint density at radius 3 is 1.83 bits per heavy atom. The lowest BCUT2D eigenvalue weighted by molar-refractivity contribution is 0.276. The molecule has 0 rings (SSSR count). The van der Waals surface area contributed by atoms with Crippen molar-refractivity contribution in [2.45, 2.75) is 32.7 Å². The average molecular weight is 193 g/mol. The van der Waals surface area contributed by atoms with Crippen LogP contribution in [0.15, 0.2) is 0 Å². The molecule has 0 unspecified atom stereocenters. The van der Waals surface area contributed by atoms with E-state index in [-0.39, 0.29) is 0 Å². The highest BCUT2D eigenvalue weighted by molar-refractivity contribution is 6.44. The Labute approximate surface area is 78.1 Å². The van der Waals surface area contributed by atoms with Crippen molar-refractivity contribution in [2.24, 2.45) is 5.73 Å². The lowest BCUT2D eigenvalue weighted by Crippen LogP contribution is -2.18. The SMILES string of the molecule is CCCC[SiH](OC)OC.CCN. The molecule has 0 atom stereocenters. The molecule has 0 bridgehead atoms. The predicted octanol–water partition coefficient (Wildman–Crippen LogP) is 1.26. The second kappa shape index (κ2) is 13.7. The van der Waals surface area contributed by atoms with Crippen molar-refractivity contribution in [1.29, 1.82) is 0 Å². The van der Waals surface area contributed by atoms with Gasteiger partial charge in [-0.1, -0.05) is 26.7 Å². The van der Waals surface area contributed by atoms with Crippen molar-refractivity contribution >= 4 is 9.28 Å². The summed E-state index contributed by atoms with van der Waals surface area (Å²) in [6.45, 7) is 4.83. The molecule has 0 heterocycles. The monoisotopic (exact) mass is 193 g/mol. The van der Waals surface area contributed by atoms with Gasteiger partial charge in [0.2, 0.25) is 0 Å². The van der Waals surface area contributed by atoms with Gasteiger partial charge in [0.1, 0.15) is 0 Å². The molecular weight excluding hydrogens is 170 g/mol. The van der Waals surface area contributed by atoms with E-state index in [1.54, 1.807) is 14.2 Å². The Kier molecular flexibility index (Phi) is 16.6. The molecule has 3 nitrogen and oxygen atoms in total. The minimum Gasteiger partial charge on any atom is -0.400 e. The van der Waals surface area contributed by atoms with Gasteiger partial charge in [0, 0.05) is 14.2 Å². The molecule has 0 aliphatic carbocycles. The maximum atomic E-state index is 5.12. The number of rotatable bonds is 5. The Hall–Kier alpha value is 0.0969. The van der Waals surface area contributed by atoms with Crippen LogP contribution in [0.2, 0.25) is 6.04 Å². The van der Waals surface area contributed by atoms with Gasteiger partial charge in [-0.15, -0.1) is 0 Å². The minimum absolute atomic E-state index is 0.750. The zero-order chi connectivity index (χ0) is 9.82. The normalized spacial score (nSPS) is 9.50. The zero-order valence-electron chi connectivity index (χ0n) is 8.80. The molecule has 0 aromatic rings. The molecule has 2 N–H and O–H groups in total. The van der Waals surface area contributed by atoms with Crippen LogP contribution < -0.4 is 5.73 Å². The molecule has 0 amide bonds. The Morgan fingerprint density at radius 2 is 1.58 bits per heavy atom. The first-order valence-electron chi connectivity index (χ1n) is 4.52. The van der Waals surface area contributed by atoms with Crippen LogP contribution in [-0.2, 0) is 8.85 Å². The fourth-order valence-corrected chi connectivity index (χ4v) is 2.11. The lowest BCUT2D eigenvalue weighted by Gasteiger charge is -2.08. The summed E-state index contributed by atoms with van der Waals surface area (Å²) in [6, 6.07) is 1.14. The van der Waals surface area contributed by atoms with Crippen LogP contribution in [0.1, 0.15) is 26.7 Å². The second-order valence-electron chi connectivity index (χ2n) is 2.45. The van der Waals surface area contributed by atoms with E-state index in [9.17, 15) is 0 Å². The molecule has 0 radical (unpaired) electrons. The molecule has 0 saturated heterocycles. The maximum absolute atomic E-state index is 5.12. The maximum Gasteiger partial charge on any atom is 0.320 e. The van der Waals surface area contributed by atoms with E-state index >= 15 is 0 Å². The van der Waals surface area contributed by atoms with Gasteiger partial charge in [0.15, 0.2) is 0 Å². The van der Waals surface area contributed by atoms with E-state index in [0.29, 0.717) is 0 Å². The van der Waals surface area contributed by atoms with Crippen molar-refractivity contribution in [3.63, 3.8) is 0 Å². The molecule has 0 spiro atoms. The number of hydrogen-bond acceptors (Lipinski definition) is 3. The van der Waals surface area contributed by atoms with Crippen LogP contribution in [0.5, 0.6) is 0 Å². The van der Waals surface area contributed by atoms with Crippen LogP contribution in [-0.4, -0.2) is 30.0 Å². The predicted molar refractivity (Wildman–Crippen MR) is 55.6 cm³/mol. The quantitative estimate of drug-likeness (QED) is 0.669. The molecule has 0 aromatic carbocycles. The molecule has 0 aliphatic heterocycles. The van der Waals surface area contributed by atoms with Crippen molar-refractivity contribution in [3.05, 3.63) is 0 Å². The summed E-state index contributed by atoms with van der Waals surface area (Å²) in [7, 11) is 2.25. The summed E-state index contributed by atoms with van der Waals surface area (Å²) in [4.78, 5) is 0. The first-order chi connectivity index (χ1) is 5.76. The van der Waals surface area contributed by atoms with Gasteiger partial charge in [-0.2, -0.15) is 0 Å². The van der Waals surface area contributed by atoms with Crippen LogP contribution in [0.4, 0.5) is 0 Å². The first kappa shape index (κ1) is 14.6. The summed E-state index contributed by atoms with van der Waals surface area (Å²) in [5, 5.41) is 0. The van der Waals surface area contributed by atoms with E-state index in [2.05, 4.69) is 6.92 Å². The number of nitrogens with two attached hydrogens (primary N) is 1. The summed E-state index contributed by atoms with van der Waals surface area (Å²) in [5.41, 5.74) is 4.85. The summed E-state index contributed by atoms with van der Waals surface area (Å²) in [6.07, 6.45) is 2.47. The summed E-state index contributed by atoms with van der Waals surface area (Å²) in [5.74, 6) is 0. The summed E-state index contributed by atoms with van der Waals surface area (Å²) >= 11 is 0. The topological polar surface area (TPSA) is 44.5 Å².